The molecule has 1 aromatic carbocycles. The van der Waals surface area contributed by atoms with E-state index in [-0.39, 0.29) is 5.91 Å². The van der Waals surface area contributed by atoms with Crippen molar-refractivity contribution in [3.8, 4) is 5.75 Å². The van der Waals surface area contributed by atoms with E-state index in [1.165, 1.54) is 21.3 Å². The van der Waals surface area contributed by atoms with Crippen molar-refractivity contribution in [3.63, 3.8) is 0 Å². The lowest BCUT2D eigenvalue weighted by Crippen LogP contribution is -2.25. The lowest BCUT2D eigenvalue weighted by atomic mass is 10.2. The van der Waals surface area contributed by atoms with E-state index in [2.05, 4.69) is 0 Å². The van der Waals surface area contributed by atoms with E-state index in [0.717, 1.165) is 5.06 Å². The molecule has 0 atom stereocenters. The van der Waals surface area contributed by atoms with Gasteiger partial charge in [-0.3, -0.25) is 9.63 Å². The number of anilines is 1. The van der Waals surface area contributed by atoms with Crippen LogP contribution < -0.4 is 10.5 Å². The zero-order valence-electron chi connectivity index (χ0n) is 8.98. The van der Waals surface area contributed by atoms with E-state index in [4.69, 9.17) is 15.3 Å². The van der Waals surface area contributed by atoms with E-state index in [0.29, 0.717) is 17.0 Å². The normalized spacial score (nSPS) is 9.80. The molecule has 0 bridgehead atoms. The summed E-state index contributed by atoms with van der Waals surface area (Å²) in [6.45, 7) is 0. The maximum absolute atomic E-state index is 11.7. The molecule has 15 heavy (non-hydrogen) atoms. The van der Waals surface area contributed by atoms with E-state index >= 15 is 0 Å². The Morgan fingerprint density at radius 1 is 1.40 bits per heavy atom. The maximum atomic E-state index is 11.7. The van der Waals surface area contributed by atoms with Crippen LogP contribution in [0.25, 0.3) is 0 Å². The third-order valence-corrected chi connectivity index (χ3v) is 2.04. The molecule has 82 valence electrons. The minimum absolute atomic E-state index is 0.254. The number of amides is 1. The number of nitrogens with zero attached hydrogens (tertiary/aromatic N) is 1. The van der Waals surface area contributed by atoms with Gasteiger partial charge in [-0.25, -0.2) is 5.06 Å². The van der Waals surface area contributed by atoms with Gasteiger partial charge in [0.2, 0.25) is 0 Å². The predicted molar refractivity (Wildman–Crippen MR) is 56.5 cm³/mol. The standard InChI is InChI=1S/C10H14N2O3/c1-12(15-3)10(13)7-4-5-8(11)9(6-7)14-2/h4-6H,11H2,1-3H3. The molecule has 2 N–H and O–H groups in total. The minimum Gasteiger partial charge on any atom is -0.495 e. The first-order valence-corrected chi connectivity index (χ1v) is 4.35. The topological polar surface area (TPSA) is 64.8 Å². The van der Waals surface area contributed by atoms with Gasteiger partial charge in [-0.2, -0.15) is 0 Å². The van der Waals surface area contributed by atoms with Gasteiger partial charge < -0.3 is 10.5 Å². The van der Waals surface area contributed by atoms with Gasteiger partial charge in [0.1, 0.15) is 5.75 Å². The molecule has 5 heteroatoms. The summed E-state index contributed by atoms with van der Waals surface area (Å²) in [4.78, 5) is 16.4. The molecule has 0 saturated carbocycles. The quantitative estimate of drug-likeness (QED) is 0.595. The van der Waals surface area contributed by atoms with Crippen molar-refractivity contribution in [2.24, 2.45) is 0 Å². The minimum atomic E-state index is -0.254. The Hall–Kier alpha value is -1.75. The summed E-state index contributed by atoms with van der Waals surface area (Å²) in [6.07, 6.45) is 0. The van der Waals surface area contributed by atoms with Crippen LogP contribution in [0.4, 0.5) is 5.69 Å². The molecule has 0 radical (unpaired) electrons. The molecular formula is C10H14N2O3. The highest BCUT2D eigenvalue weighted by molar-refractivity contribution is 5.94. The highest BCUT2D eigenvalue weighted by Crippen LogP contribution is 2.22. The largest absolute Gasteiger partial charge is 0.495 e. The van der Waals surface area contributed by atoms with Gasteiger partial charge in [0, 0.05) is 12.6 Å². The summed E-state index contributed by atoms with van der Waals surface area (Å²) in [5.74, 6) is 0.223. The van der Waals surface area contributed by atoms with Crippen LogP contribution in [-0.2, 0) is 4.84 Å². The number of carbonyl (C=O) groups is 1. The average Bonchev–Trinajstić information content (AvgIpc) is 2.27. The Bertz CT molecular complexity index is 366. The van der Waals surface area contributed by atoms with Crippen molar-refractivity contribution in [1.29, 1.82) is 0 Å². The fourth-order valence-corrected chi connectivity index (χ4v) is 1.11. The Morgan fingerprint density at radius 2 is 2.07 bits per heavy atom. The summed E-state index contributed by atoms with van der Waals surface area (Å²) in [7, 11) is 4.46. The molecule has 5 nitrogen and oxygen atoms in total. The SMILES string of the molecule is COc1cc(C(=O)N(C)OC)ccc1N. The second-order valence-corrected chi connectivity index (χ2v) is 2.94. The van der Waals surface area contributed by atoms with Crippen LogP contribution >= 0.6 is 0 Å². The second-order valence-electron chi connectivity index (χ2n) is 2.94. The lowest BCUT2D eigenvalue weighted by molar-refractivity contribution is -0.0757. The van der Waals surface area contributed by atoms with E-state index in [9.17, 15) is 4.79 Å². The van der Waals surface area contributed by atoms with Gasteiger partial charge >= 0.3 is 0 Å². The lowest BCUT2D eigenvalue weighted by Gasteiger charge is -2.14. The van der Waals surface area contributed by atoms with Crippen LogP contribution in [0.1, 0.15) is 10.4 Å². The van der Waals surface area contributed by atoms with Gasteiger partial charge in [0.05, 0.1) is 19.9 Å². The second kappa shape index (κ2) is 4.65. The Labute approximate surface area is 88.3 Å². The molecule has 0 fully saturated rings. The summed E-state index contributed by atoms with van der Waals surface area (Å²) in [5.41, 5.74) is 6.59. The molecule has 0 saturated heterocycles. The number of ether oxygens (including phenoxy) is 1. The number of nitrogens with two attached hydrogens (primary N) is 1. The number of benzene rings is 1. The molecule has 0 heterocycles. The third kappa shape index (κ3) is 2.38. The van der Waals surface area contributed by atoms with Gasteiger partial charge in [0.15, 0.2) is 0 Å². The van der Waals surface area contributed by atoms with Gasteiger partial charge in [-0.05, 0) is 18.2 Å². The molecule has 1 rings (SSSR count). The first-order valence-electron chi connectivity index (χ1n) is 4.35. The third-order valence-electron chi connectivity index (χ3n) is 2.04. The number of hydroxylamine groups is 2. The van der Waals surface area contributed by atoms with Crippen LogP contribution in [0, 0.1) is 0 Å². The predicted octanol–water partition coefficient (Wildman–Crippen LogP) is 0.911. The van der Waals surface area contributed by atoms with Gasteiger partial charge in [0.25, 0.3) is 5.91 Å². The summed E-state index contributed by atoms with van der Waals surface area (Å²) in [5, 5.41) is 1.13. The molecule has 0 aliphatic heterocycles. The number of methoxy groups -OCH3 is 1. The summed E-state index contributed by atoms with van der Waals surface area (Å²) >= 11 is 0. The van der Waals surface area contributed by atoms with Crippen molar-refractivity contribution in [2.75, 3.05) is 27.0 Å². The van der Waals surface area contributed by atoms with Crippen LogP contribution in [0.2, 0.25) is 0 Å². The Balaban J connectivity index is 3.01. The summed E-state index contributed by atoms with van der Waals surface area (Å²) in [6, 6.07) is 4.82. The fourth-order valence-electron chi connectivity index (χ4n) is 1.11. The molecule has 0 aliphatic rings. The van der Waals surface area contributed by atoms with Crippen LogP contribution in [-0.4, -0.2) is 32.2 Å². The highest BCUT2D eigenvalue weighted by Gasteiger charge is 2.12. The van der Waals surface area contributed by atoms with Gasteiger partial charge in [-0.15, -0.1) is 0 Å². The van der Waals surface area contributed by atoms with Crippen molar-refractivity contribution < 1.29 is 14.4 Å². The molecule has 0 aromatic heterocycles. The Kier molecular flexibility index (Phi) is 3.51. The molecule has 1 aromatic rings. The molecule has 0 spiro atoms. The molecule has 0 unspecified atom stereocenters. The van der Waals surface area contributed by atoms with E-state index in [1.54, 1.807) is 18.2 Å². The van der Waals surface area contributed by atoms with Crippen molar-refractivity contribution >= 4 is 11.6 Å². The average molecular weight is 210 g/mol. The van der Waals surface area contributed by atoms with Crippen molar-refractivity contribution in [3.05, 3.63) is 23.8 Å². The first kappa shape index (κ1) is 11.3. The Morgan fingerprint density at radius 3 is 2.60 bits per heavy atom. The highest BCUT2D eigenvalue weighted by atomic mass is 16.7. The van der Waals surface area contributed by atoms with Crippen molar-refractivity contribution in [1.82, 2.24) is 5.06 Å². The zero-order chi connectivity index (χ0) is 11.4. The number of carbonyl (C=O) groups excluding carboxylic acids is 1. The number of hydrogen-bond donors (Lipinski definition) is 1. The van der Waals surface area contributed by atoms with E-state index in [1.807, 2.05) is 0 Å². The van der Waals surface area contributed by atoms with Crippen molar-refractivity contribution in [2.45, 2.75) is 0 Å². The van der Waals surface area contributed by atoms with E-state index < -0.39 is 0 Å². The number of rotatable bonds is 3. The van der Waals surface area contributed by atoms with Crippen LogP contribution in [0.3, 0.4) is 0 Å². The molecule has 0 aliphatic carbocycles. The van der Waals surface area contributed by atoms with Crippen LogP contribution in [0.5, 0.6) is 5.75 Å². The molecular weight excluding hydrogens is 196 g/mol. The monoisotopic (exact) mass is 210 g/mol. The van der Waals surface area contributed by atoms with Gasteiger partial charge in [-0.1, -0.05) is 0 Å². The van der Waals surface area contributed by atoms with Crippen LogP contribution in [0.15, 0.2) is 18.2 Å². The number of nitrogen functional groups attached to an aromatic ring is 1. The number of hydrogen-bond acceptors (Lipinski definition) is 4. The smallest absolute Gasteiger partial charge is 0.277 e. The first-order chi connectivity index (χ1) is 7.10. The maximum Gasteiger partial charge on any atom is 0.277 e. The zero-order valence-corrected chi connectivity index (χ0v) is 8.98. The summed E-state index contributed by atoms with van der Waals surface area (Å²) < 4.78 is 5.01. The molecule has 1 amide bonds. The fraction of sp³-hybridized carbons (Fsp3) is 0.300.